The lowest BCUT2D eigenvalue weighted by molar-refractivity contribution is -0.120. The molecule has 3 heteroatoms. The first-order chi connectivity index (χ1) is 9.16. The summed E-state index contributed by atoms with van der Waals surface area (Å²) in [4.78, 5) is 24.0. The Morgan fingerprint density at radius 2 is 2.05 bits per heavy atom. The summed E-state index contributed by atoms with van der Waals surface area (Å²) in [5.41, 5.74) is 5.08. The SMILES string of the molecule is CC(=O)C1CCC2NCC3CC4=C(CCC4=O)C1=C32. The first-order valence-corrected chi connectivity index (χ1v) is 7.40. The molecule has 0 radical (unpaired) electrons. The minimum Gasteiger partial charge on any atom is -0.310 e. The summed E-state index contributed by atoms with van der Waals surface area (Å²) in [7, 11) is 0. The van der Waals surface area contributed by atoms with Crippen LogP contribution < -0.4 is 5.32 Å². The summed E-state index contributed by atoms with van der Waals surface area (Å²) in [6.45, 7) is 2.69. The molecule has 0 saturated carbocycles. The predicted molar refractivity (Wildman–Crippen MR) is 71.6 cm³/mol. The second kappa shape index (κ2) is 3.89. The molecule has 0 aromatic carbocycles. The normalized spacial score (nSPS) is 36.7. The fraction of sp³-hybridized carbons (Fsp3) is 0.625. The Morgan fingerprint density at radius 1 is 1.21 bits per heavy atom. The van der Waals surface area contributed by atoms with Gasteiger partial charge in [-0.3, -0.25) is 9.59 Å². The third kappa shape index (κ3) is 1.48. The van der Waals surface area contributed by atoms with Gasteiger partial charge in [0.2, 0.25) is 0 Å². The van der Waals surface area contributed by atoms with Gasteiger partial charge in [-0.05, 0) is 60.8 Å². The summed E-state index contributed by atoms with van der Waals surface area (Å²) in [5.74, 6) is 1.14. The van der Waals surface area contributed by atoms with Gasteiger partial charge in [-0.2, -0.15) is 0 Å². The first-order valence-electron chi connectivity index (χ1n) is 7.40. The van der Waals surface area contributed by atoms with Crippen molar-refractivity contribution in [3.63, 3.8) is 0 Å². The highest BCUT2D eigenvalue weighted by atomic mass is 16.1. The van der Waals surface area contributed by atoms with Crippen LogP contribution in [0.4, 0.5) is 0 Å². The van der Waals surface area contributed by atoms with Gasteiger partial charge in [0.05, 0.1) is 0 Å². The monoisotopic (exact) mass is 257 g/mol. The Morgan fingerprint density at radius 3 is 2.84 bits per heavy atom. The average Bonchev–Trinajstić information content (AvgIpc) is 2.96. The van der Waals surface area contributed by atoms with E-state index in [-0.39, 0.29) is 11.7 Å². The maximum absolute atomic E-state index is 12.0. The Balaban J connectivity index is 1.91. The van der Waals surface area contributed by atoms with Crippen molar-refractivity contribution in [3.05, 3.63) is 22.3 Å². The second-order valence-corrected chi connectivity index (χ2v) is 6.35. The Kier molecular flexibility index (Phi) is 2.37. The van der Waals surface area contributed by atoms with Crippen molar-refractivity contribution in [3.8, 4) is 0 Å². The molecule has 19 heavy (non-hydrogen) atoms. The van der Waals surface area contributed by atoms with Gasteiger partial charge in [-0.1, -0.05) is 0 Å². The molecule has 0 bridgehead atoms. The van der Waals surface area contributed by atoms with Crippen LogP contribution in [-0.4, -0.2) is 24.2 Å². The number of hydrogen-bond donors (Lipinski definition) is 1. The summed E-state index contributed by atoms with van der Waals surface area (Å²) in [6.07, 6.45) is 4.48. The van der Waals surface area contributed by atoms with Gasteiger partial charge >= 0.3 is 0 Å². The van der Waals surface area contributed by atoms with Gasteiger partial charge in [0.1, 0.15) is 5.78 Å². The van der Waals surface area contributed by atoms with Gasteiger partial charge in [0, 0.05) is 24.9 Å². The standard InChI is InChI=1S/C16H19NO2/c1-8(18)10-2-4-13-15-9(7-17-13)6-12-11(16(10)15)3-5-14(12)19/h9-10,13,17H,2-7H2,1H3. The van der Waals surface area contributed by atoms with E-state index in [0.29, 0.717) is 24.2 Å². The molecular weight excluding hydrogens is 238 g/mol. The lowest BCUT2D eigenvalue weighted by atomic mass is 9.68. The Bertz CT molecular complexity index is 555. The molecule has 4 aliphatic rings. The topological polar surface area (TPSA) is 46.2 Å². The van der Waals surface area contributed by atoms with E-state index in [2.05, 4.69) is 5.32 Å². The number of carbonyl (C=O) groups is 2. The molecule has 1 saturated heterocycles. The number of fused-ring (bicyclic) bond motifs is 1. The first kappa shape index (κ1) is 11.6. The molecule has 0 amide bonds. The summed E-state index contributed by atoms with van der Waals surface area (Å²) < 4.78 is 0. The van der Waals surface area contributed by atoms with Crippen LogP contribution in [0.25, 0.3) is 0 Å². The lowest BCUT2D eigenvalue weighted by Crippen LogP contribution is -2.33. The molecular formula is C16H19NO2. The van der Waals surface area contributed by atoms with E-state index in [0.717, 1.165) is 37.8 Å². The van der Waals surface area contributed by atoms with Crippen LogP contribution >= 0.6 is 0 Å². The van der Waals surface area contributed by atoms with Crippen LogP contribution in [-0.2, 0) is 9.59 Å². The fourth-order valence-corrected chi connectivity index (χ4v) is 4.60. The highest BCUT2D eigenvalue weighted by Crippen LogP contribution is 2.50. The van der Waals surface area contributed by atoms with Gasteiger partial charge in [-0.15, -0.1) is 0 Å². The zero-order valence-electron chi connectivity index (χ0n) is 11.3. The molecule has 0 spiro atoms. The number of nitrogens with one attached hydrogen (secondary N) is 1. The van der Waals surface area contributed by atoms with Crippen LogP contribution in [0, 0.1) is 11.8 Å². The molecule has 1 N–H and O–H groups in total. The van der Waals surface area contributed by atoms with Crippen LogP contribution in [0.1, 0.15) is 39.0 Å². The summed E-state index contributed by atoms with van der Waals surface area (Å²) in [5, 5.41) is 3.59. The number of hydrogen-bond acceptors (Lipinski definition) is 3. The Labute approximate surface area is 113 Å². The fourth-order valence-electron chi connectivity index (χ4n) is 4.60. The zero-order valence-corrected chi connectivity index (χ0v) is 11.3. The van der Waals surface area contributed by atoms with Crippen molar-refractivity contribution >= 4 is 11.6 Å². The predicted octanol–water partition coefficient (Wildman–Crippen LogP) is 1.93. The second-order valence-electron chi connectivity index (χ2n) is 6.35. The molecule has 3 unspecified atom stereocenters. The van der Waals surface area contributed by atoms with Crippen LogP contribution in [0.2, 0.25) is 0 Å². The maximum Gasteiger partial charge on any atom is 0.159 e. The third-order valence-corrected chi connectivity index (χ3v) is 5.40. The van der Waals surface area contributed by atoms with Gasteiger partial charge < -0.3 is 5.32 Å². The molecule has 3 nitrogen and oxygen atoms in total. The Hall–Kier alpha value is -1.22. The van der Waals surface area contributed by atoms with Gasteiger partial charge in [-0.25, -0.2) is 0 Å². The van der Waals surface area contributed by atoms with E-state index in [1.807, 2.05) is 0 Å². The molecule has 100 valence electrons. The molecule has 1 heterocycles. The number of allylic oxidation sites excluding steroid dienone is 3. The highest BCUT2D eigenvalue weighted by Gasteiger charge is 2.45. The van der Waals surface area contributed by atoms with Crippen molar-refractivity contribution in [2.45, 2.75) is 45.1 Å². The van der Waals surface area contributed by atoms with E-state index < -0.39 is 0 Å². The molecule has 1 aliphatic heterocycles. The molecule has 1 fully saturated rings. The van der Waals surface area contributed by atoms with Crippen LogP contribution in [0.15, 0.2) is 22.3 Å². The van der Waals surface area contributed by atoms with Crippen molar-refractivity contribution in [2.24, 2.45) is 11.8 Å². The van der Waals surface area contributed by atoms with Crippen molar-refractivity contribution in [1.29, 1.82) is 0 Å². The minimum absolute atomic E-state index is 0.0600. The summed E-state index contributed by atoms with van der Waals surface area (Å²) >= 11 is 0. The third-order valence-electron chi connectivity index (χ3n) is 5.40. The van der Waals surface area contributed by atoms with Gasteiger partial charge in [0.15, 0.2) is 5.78 Å². The van der Waals surface area contributed by atoms with Crippen molar-refractivity contribution < 1.29 is 9.59 Å². The quantitative estimate of drug-likeness (QED) is 0.781. The van der Waals surface area contributed by atoms with E-state index in [4.69, 9.17) is 0 Å². The van der Waals surface area contributed by atoms with E-state index >= 15 is 0 Å². The average molecular weight is 257 g/mol. The van der Waals surface area contributed by atoms with Crippen LogP contribution in [0.5, 0.6) is 0 Å². The van der Waals surface area contributed by atoms with Crippen molar-refractivity contribution in [1.82, 2.24) is 5.32 Å². The van der Waals surface area contributed by atoms with Gasteiger partial charge in [0.25, 0.3) is 0 Å². The van der Waals surface area contributed by atoms with Crippen molar-refractivity contribution in [2.75, 3.05) is 6.54 Å². The molecule has 3 atom stereocenters. The van der Waals surface area contributed by atoms with E-state index in [9.17, 15) is 9.59 Å². The number of Topliss-reactive ketones (excluding diaryl/α,β-unsaturated/α-hetero) is 2. The number of ketones is 2. The summed E-state index contributed by atoms with van der Waals surface area (Å²) in [6, 6.07) is 0.473. The lowest BCUT2D eigenvalue weighted by Gasteiger charge is -2.35. The van der Waals surface area contributed by atoms with E-state index in [1.165, 1.54) is 16.7 Å². The smallest absolute Gasteiger partial charge is 0.159 e. The molecule has 3 aliphatic carbocycles. The number of carbonyl (C=O) groups excluding carboxylic acids is 2. The maximum atomic E-state index is 12.0. The molecule has 4 rings (SSSR count). The number of rotatable bonds is 1. The molecule has 0 aromatic rings. The van der Waals surface area contributed by atoms with Crippen LogP contribution in [0.3, 0.4) is 0 Å². The minimum atomic E-state index is 0.0600. The van der Waals surface area contributed by atoms with E-state index in [1.54, 1.807) is 6.92 Å². The zero-order chi connectivity index (χ0) is 13.1. The molecule has 0 aromatic heterocycles. The largest absolute Gasteiger partial charge is 0.310 e. The highest BCUT2D eigenvalue weighted by molar-refractivity contribution is 6.01.